The van der Waals surface area contributed by atoms with Crippen LogP contribution in [0.1, 0.15) is 23.8 Å². The molecule has 1 atom stereocenters. The van der Waals surface area contributed by atoms with Crippen molar-refractivity contribution in [3.05, 3.63) is 50.6 Å². The van der Waals surface area contributed by atoms with Crippen LogP contribution in [0.4, 0.5) is 5.69 Å². The fraction of sp³-hybridized carbons (Fsp3) is 0.267. The number of hydrogen-bond donors (Lipinski definition) is 1. The van der Waals surface area contributed by atoms with Gasteiger partial charge in [-0.25, -0.2) is 0 Å². The van der Waals surface area contributed by atoms with Crippen molar-refractivity contribution in [2.75, 3.05) is 11.9 Å². The molecule has 0 spiro atoms. The summed E-state index contributed by atoms with van der Waals surface area (Å²) in [6.07, 6.45) is 2.29. The molecular formula is C15H14Cl2N2S2. The molecule has 0 radical (unpaired) electrons. The van der Waals surface area contributed by atoms with E-state index in [9.17, 15) is 0 Å². The largest absolute Gasteiger partial charge is 0.341 e. The van der Waals surface area contributed by atoms with Gasteiger partial charge in [-0.05, 0) is 54.7 Å². The molecule has 0 saturated carbocycles. The zero-order valence-corrected chi connectivity index (χ0v) is 14.3. The van der Waals surface area contributed by atoms with Crippen molar-refractivity contribution in [1.82, 2.24) is 4.90 Å². The number of rotatable bonds is 2. The Morgan fingerprint density at radius 1 is 1.33 bits per heavy atom. The fourth-order valence-corrected chi connectivity index (χ4v) is 4.22. The van der Waals surface area contributed by atoms with E-state index in [1.165, 1.54) is 4.88 Å². The highest BCUT2D eigenvalue weighted by Crippen LogP contribution is 2.35. The van der Waals surface area contributed by atoms with Crippen LogP contribution in [0.2, 0.25) is 10.0 Å². The monoisotopic (exact) mass is 356 g/mol. The Hall–Kier alpha value is -0.810. The van der Waals surface area contributed by atoms with Crippen LogP contribution in [0.25, 0.3) is 0 Å². The molecule has 1 saturated heterocycles. The highest BCUT2D eigenvalue weighted by molar-refractivity contribution is 7.80. The molecule has 1 aliphatic rings. The molecule has 2 aromatic rings. The van der Waals surface area contributed by atoms with E-state index in [0.717, 1.165) is 30.2 Å². The van der Waals surface area contributed by atoms with Gasteiger partial charge in [-0.15, -0.1) is 11.3 Å². The zero-order chi connectivity index (χ0) is 14.8. The minimum absolute atomic E-state index is 0.371. The Bertz CT molecular complexity index is 643. The summed E-state index contributed by atoms with van der Waals surface area (Å²) in [7, 11) is 0. The summed E-state index contributed by atoms with van der Waals surface area (Å²) < 4.78 is 0. The van der Waals surface area contributed by atoms with Gasteiger partial charge >= 0.3 is 0 Å². The maximum absolute atomic E-state index is 6.19. The first-order chi connectivity index (χ1) is 10.1. The van der Waals surface area contributed by atoms with Crippen LogP contribution >= 0.6 is 46.8 Å². The summed E-state index contributed by atoms with van der Waals surface area (Å²) >= 11 is 19.5. The maximum atomic E-state index is 6.19. The molecule has 0 aliphatic carbocycles. The normalized spacial score (nSPS) is 18.0. The average Bonchev–Trinajstić information content (AvgIpc) is 3.10. The van der Waals surface area contributed by atoms with Crippen LogP contribution in [0.15, 0.2) is 35.7 Å². The van der Waals surface area contributed by atoms with Crippen molar-refractivity contribution in [2.24, 2.45) is 0 Å². The van der Waals surface area contributed by atoms with E-state index >= 15 is 0 Å². The molecular weight excluding hydrogens is 343 g/mol. The summed E-state index contributed by atoms with van der Waals surface area (Å²) in [4.78, 5) is 3.60. The van der Waals surface area contributed by atoms with Crippen molar-refractivity contribution in [1.29, 1.82) is 0 Å². The first kappa shape index (κ1) is 15.1. The van der Waals surface area contributed by atoms with Gasteiger partial charge in [0.1, 0.15) is 0 Å². The summed E-state index contributed by atoms with van der Waals surface area (Å²) in [5.41, 5.74) is 0.794. The van der Waals surface area contributed by atoms with E-state index in [2.05, 4.69) is 27.7 Å². The molecule has 0 amide bonds. The molecule has 0 bridgehead atoms. The second-order valence-corrected chi connectivity index (χ2v) is 7.13. The van der Waals surface area contributed by atoms with E-state index in [1.54, 1.807) is 23.5 Å². The molecule has 1 aromatic heterocycles. The van der Waals surface area contributed by atoms with Crippen LogP contribution in [0.3, 0.4) is 0 Å². The van der Waals surface area contributed by atoms with E-state index in [0.29, 0.717) is 16.1 Å². The first-order valence-corrected chi connectivity index (χ1v) is 8.75. The van der Waals surface area contributed by atoms with E-state index < -0.39 is 0 Å². The smallest absolute Gasteiger partial charge is 0.174 e. The number of likely N-dealkylation sites (tertiary alicyclic amines) is 1. The highest BCUT2D eigenvalue weighted by Gasteiger charge is 2.28. The summed E-state index contributed by atoms with van der Waals surface area (Å²) in [5.74, 6) is 0. The van der Waals surface area contributed by atoms with Crippen LogP contribution in [0, 0.1) is 0 Å². The van der Waals surface area contributed by atoms with Gasteiger partial charge in [-0.3, -0.25) is 0 Å². The van der Waals surface area contributed by atoms with Gasteiger partial charge in [0.15, 0.2) is 5.11 Å². The highest BCUT2D eigenvalue weighted by atomic mass is 35.5. The lowest BCUT2D eigenvalue weighted by atomic mass is 10.2. The summed E-state index contributed by atoms with van der Waals surface area (Å²) in [5, 5.41) is 7.27. The third-order valence-electron chi connectivity index (χ3n) is 3.56. The average molecular weight is 357 g/mol. The summed E-state index contributed by atoms with van der Waals surface area (Å²) in [6, 6.07) is 10.0. The van der Waals surface area contributed by atoms with Crippen LogP contribution < -0.4 is 5.32 Å². The van der Waals surface area contributed by atoms with Gasteiger partial charge in [-0.1, -0.05) is 29.3 Å². The first-order valence-electron chi connectivity index (χ1n) is 6.71. The molecule has 2 nitrogen and oxygen atoms in total. The lowest BCUT2D eigenvalue weighted by Crippen LogP contribution is -2.34. The lowest BCUT2D eigenvalue weighted by molar-refractivity contribution is 0.412. The molecule has 6 heteroatoms. The van der Waals surface area contributed by atoms with Crippen LogP contribution in [-0.2, 0) is 0 Å². The molecule has 2 heterocycles. The number of anilines is 1. The lowest BCUT2D eigenvalue weighted by Gasteiger charge is -2.27. The van der Waals surface area contributed by atoms with Gasteiger partial charge in [0.05, 0.1) is 16.8 Å². The van der Waals surface area contributed by atoms with Crippen LogP contribution in [-0.4, -0.2) is 16.6 Å². The van der Waals surface area contributed by atoms with Gasteiger partial charge in [0, 0.05) is 16.4 Å². The number of nitrogens with zero attached hydrogens (tertiary/aromatic N) is 1. The second kappa shape index (κ2) is 6.53. The Kier molecular flexibility index (Phi) is 4.69. The third-order valence-corrected chi connectivity index (χ3v) is 5.42. The number of hydrogen-bond acceptors (Lipinski definition) is 2. The minimum Gasteiger partial charge on any atom is -0.341 e. The number of thiophene rings is 1. The Morgan fingerprint density at radius 3 is 2.90 bits per heavy atom. The number of nitrogens with one attached hydrogen (secondary N) is 1. The minimum atomic E-state index is 0.371. The van der Waals surface area contributed by atoms with E-state index in [1.807, 2.05) is 6.07 Å². The summed E-state index contributed by atoms with van der Waals surface area (Å²) in [6.45, 7) is 0.972. The Labute approximate surface area is 143 Å². The van der Waals surface area contributed by atoms with Crippen molar-refractivity contribution in [3.8, 4) is 0 Å². The molecule has 1 aromatic carbocycles. The quantitative estimate of drug-likeness (QED) is 0.706. The zero-order valence-electron chi connectivity index (χ0n) is 11.2. The van der Waals surface area contributed by atoms with Gasteiger partial charge in [-0.2, -0.15) is 0 Å². The molecule has 1 aliphatic heterocycles. The number of thiocarbonyl (C=S) groups is 1. The fourth-order valence-electron chi connectivity index (χ4n) is 2.56. The topological polar surface area (TPSA) is 15.3 Å². The van der Waals surface area contributed by atoms with E-state index in [-0.39, 0.29) is 0 Å². The maximum Gasteiger partial charge on any atom is 0.174 e. The molecule has 1 N–H and O–H groups in total. The van der Waals surface area contributed by atoms with Crippen molar-refractivity contribution >= 4 is 57.6 Å². The Morgan fingerprint density at radius 2 is 2.19 bits per heavy atom. The predicted octanol–water partition coefficient (Wildman–Crippen LogP) is 5.59. The molecule has 3 rings (SSSR count). The molecule has 1 fully saturated rings. The third kappa shape index (κ3) is 3.34. The van der Waals surface area contributed by atoms with Crippen LogP contribution in [0.5, 0.6) is 0 Å². The molecule has 21 heavy (non-hydrogen) atoms. The number of halogens is 2. The van der Waals surface area contributed by atoms with Crippen molar-refractivity contribution < 1.29 is 0 Å². The Balaban J connectivity index is 1.75. The second-order valence-electron chi connectivity index (χ2n) is 4.92. The van der Waals surface area contributed by atoms with Crippen molar-refractivity contribution in [3.63, 3.8) is 0 Å². The standard InChI is InChI=1S/C15H14Cl2N2S2/c16-10-5-6-12(11(17)9-10)18-15(20)19-7-1-3-13(19)14-4-2-8-21-14/h2,4-6,8-9,13H,1,3,7H2,(H,18,20). The SMILES string of the molecule is S=C(Nc1ccc(Cl)cc1Cl)N1CCCC1c1cccs1. The number of benzene rings is 1. The van der Waals surface area contributed by atoms with Crippen molar-refractivity contribution in [2.45, 2.75) is 18.9 Å². The van der Waals surface area contributed by atoms with E-state index in [4.69, 9.17) is 35.4 Å². The van der Waals surface area contributed by atoms with Gasteiger partial charge < -0.3 is 10.2 Å². The van der Waals surface area contributed by atoms with Gasteiger partial charge in [0.25, 0.3) is 0 Å². The molecule has 110 valence electrons. The van der Waals surface area contributed by atoms with Gasteiger partial charge in [0.2, 0.25) is 0 Å². The molecule has 1 unspecified atom stereocenters. The predicted molar refractivity (Wildman–Crippen MR) is 95.7 cm³/mol.